The number of benzene rings is 2. The first-order valence-electron chi connectivity index (χ1n) is 12.3. The van der Waals surface area contributed by atoms with Crippen LogP contribution in [0.3, 0.4) is 0 Å². The summed E-state index contributed by atoms with van der Waals surface area (Å²) in [7, 11) is 1.24. The lowest BCUT2D eigenvalue weighted by Gasteiger charge is -2.19. The fraction of sp³-hybridized carbons (Fsp3) is 0.222. The van der Waals surface area contributed by atoms with Crippen LogP contribution < -0.4 is 21.7 Å². The number of H-pyrrole nitrogens is 1. The molecule has 0 radical (unpaired) electrons. The van der Waals surface area contributed by atoms with Crippen molar-refractivity contribution in [3.8, 4) is 11.3 Å². The van der Waals surface area contributed by atoms with Crippen LogP contribution in [0, 0.1) is 5.82 Å². The van der Waals surface area contributed by atoms with Gasteiger partial charge in [-0.05, 0) is 37.3 Å². The third kappa shape index (κ3) is 7.07. The number of carbonyl (C=O) groups excluding carboxylic acids is 3. The number of aromatic amines is 1. The van der Waals surface area contributed by atoms with Gasteiger partial charge in [0.2, 0.25) is 5.91 Å². The van der Waals surface area contributed by atoms with Crippen LogP contribution in [0.25, 0.3) is 11.3 Å². The molecule has 1 unspecified atom stereocenters. The summed E-state index contributed by atoms with van der Waals surface area (Å²) in [5, 5.41) is 8.08. The number of rotatable bonds is 5. The molecule has 1 atom stereocenters. The van der Waals surface area contributed by atoms with Crippen LogP contribution in [0.5, 0.6) is 0 Å². The number of methoxy groups -OCH3 is 1. The average molecular weight is 584 g/mol. The molecule has 2 heterocycles. The van der Waals surface area contributed by atoms with Gasteiger partial charge < -0.3 is 30.8 Å². The predicted octanol–water partition coefficient (Wildman–Crippen LogP) is 4.20. The number of carbonyl (C=O) groups is 3. The second kappa shape index (κ2) is 13.1. The van der Waals surface area contributed by atoms with Crippen molar-refractivity contribution in [3.05, 3.63) is 71.0 Å². The Morgan fingerprint density at radius 1 is 1.32 bits per heavy atom. The van der Waals surface area contributed by atoms with E-state index in [2.05, 4.69) is 35.6 Å². The van der Waals surface area contributed by atoms with Gasteiger partial charge in [0.1, 0.15) is 17.6 Å². The molecule has 2 aromatic carbocycles. The summed E-state index contributed by atoms with van der Waals surface area (Å²) in [6, 6.07) is 8.49. The van der Waals surface area contributed by atoms with Crippen LogP contribution in [-0.2, 0) is 19.1 Å². The van der Waals surface area contributed by atoms with Crippen molar-refractivity contribution in [2.75, 3.05) is 31.0 Å². The van der Waals surface area contributed by atoms with Gasteiger partial charge in [-0.1, -0.05) is 17.7 Å². The van der Waals surface area contributed by atoms with Gasteiger partial charge in [0.05, 0.1) is 60.6 Å². The lowest BCUT2D eigenvalue weighted by atomic mass is 10.1. The Labute approximate surface area is 239 Å². The van der Waals surface area contributed by atoms with Crippen molar-refractivity contribution < 1.29 is 28.2 Å². The zero-order valence-corrected chi connectivity index (χ0v) is 22.8. The number of nitrogens with zero attached hydrogens (tertiary/aromatic N) is 2. The number of aliphatic imine (C=N–C) groups is 1. The second-order valence-electron chi connectivity index (χ2n) is 8.81. The first-order chi connectivity index (χ1) is 19.7. The zero-order valence-electron chi connectivity index (χ0n) is 22.1. The third-order valence-corrected chi connectivity index (χ3v) is 6.32. The van der Waals surface area contributed by atoms with Crippen LogP contribution in [-0.4, -0.2) is 53.9 Å². The van der Waals surface area contributed by atoms with E-state index in [4.69, 9.17) is 22.1 Å². The summed E-state index contributed by atoms with van der Waals surface area (Å²) in [5.41, 5.74) is 7.79. The molecule has 41 heavy (non-hydrogen) atoms. The van der Waals surface area contributed by atoms with Crippen molar-refractivity contribution in [3.63, 3.8) is 0 Å². The molecule has 0 saturated carbocycles. The Bertz CT molecular complexity index is 1540. The van der Waals surface area contributed by atoms with Gasteiger partial charge in [0, 0.05) is 17.5 Å². The predicted molar refractivity (Wildman–Crippen MR) is 151 cm³/mol. The topological polar surface area (TPSA) is 173 Å². The van der Waals surface area contributed by atoms with Crippen molar-refractivity contribution in [2.45, 2.75) is 19.4 Å². The number of halogens is 2. The number of nitrogens with two attached hydrogens (primary N) is 1. The Kier molecular flexibility index (Phi) is 9.32. The highest BCUT2D eigenvalue weighted by atomic mass is 35.5. The van der Waals surface area contributed by atoms with Gasteiger partial charge in [-0.25, -0.2) is 19.2 Å². The lowest BCUT2D eigenvalue weighted by Crippen LogP contribution is -2.35. The molecule has 0 fully saturated rings. The molecule has 0 spiro atoms. The fourth-order valence-corrected chi connectivity index (χ4v) is 4.13. The minimum Gasteiger partial charge on any atom is -0.453 e. The first-order valence-corrected chi connectivity index (χ1v) is 12.7. The maximum Gasteiger partial charge on any atom is 0.411 e. The summed E-state index contributed by atoms with van der Waals surface area (Å²) >= 11 is 5.84. The third-order valence-electron chi connectivity index (χ3n) is 6.02. The summed E-state index contributed by atoms with van der Waals surface area (Å²) in [4.78, 5) is 49.3. The number of fused-ring (bicyclic) bond motifs is 4. The number of anilines is 2. The molecular weight excluding hydrogens is 557 g/mol. The number of hydrogen-bond donors (Lipinski definition) is 5. The number of nitrogens with one attached hydrogen (secondary N) is 4. The van der Waals surface area contributed by atoms with E-state index in [1.54, 1.807) is 24.4 Å². The van der Waals surface area contributed by atoms with Crippen LogP contribution in [0.1, 0.15) is 25.2 Å². The van der Waals surface area contributed by atoms with Crippen molar-refractivity contribution >= 4 is 52.3 Å². The molecule has 2 bridgehead atoms. The lowest BCUT2D eigenvalue weighted by molar-refractivity contribution is -0.119. The molecular formula is C27H27ClFN7O5. The quantitative estimate of drug-likeness (QED) is 0.221. The highest BCUT2D eigenvalue weighted by Crippen LogP contribution is 2.31. The molecule has 0 aliphatic carbocycles. The van der Waals surface area contributed by atoms with Gasteiger partial charge in [0.15, 0.2) is 5.82 Å². The summed E-state index contributed by atoms with van der Waals surface area (Å²) in [5.74, 6) is -1.28. The molecule has 214 valence electrons. The molecule has 0 saturated heterocycles. The minimum absolute atomic E-state index is 0.00219. The fourth-order valence-electron chi connectivity index (χ4n) is 3.96. The minimum atomic E-state index is -0.770. The average Bonchev–Trinajstić information content (AvgIpc) is 3.43. The summed E-state index contributed by atoms with van der Waals surface area (Å²) in [6.07, 6.45) is 1.97. The molecule has 3 aromatic rings. The second-order valence-corrected chi connectivity index (χ2v) is 9.22. The number of ether oxygens (including phenoxy) is 2. The smallest absolute Gasteiger partial charge is 0.411 e. The Morgan fingerprint density at radius 2 is 2.12 bits per heavy atom. The number of hydrogen-bond acceptors (Lipinski definition) is 8. The molecule has 12 nitrogen and oxygen atoms in total. The van der Waals surface area contributed by atoms with Gasteiger partial charge in [-0.3, -0.25) is 14.9 Å². The van der Waals surface area contributed by atoms with Crippen molar-refractivity contribution in [1.29, 1.82) is 0 Å². The highest BCUT2D eigenvalue weighted by Gasteiger charge is 2.24. The van der Waals surface area contributed by atoms with Crippen LogP contribution in [0.2, 0.25) is 5.02 Å². The monoisotopic (exact) mass is 583 g/mol. The molecule has 14 heteroatoms. The van der Waals surface area contributed by atoms with Gasteiger partial charge in [-0.2, -0.15) is 0 Å². The SMILES string of the molecule is COC(=O)Nc1ccc2c(c1)NC(=O)CCOCC(NC(=O)C(=CN)C(C)=Nc1cccc(Cl)c1F)c1ncc-2[nH]1. The van der Waals surface area contributed by atoms with E-state index in [0.29, 0.717) is 28.5 Å². The van der Waals surface area contributed by atoms with Crippen LogP contribution >= 0.6 is 11.6 Å². The molecule has 1 aliphatic rings. The van der Waals surface area contributed by atoms with Gasteiger partial charge in [0.25, 0.3) is 5.91 Å². The maximum atomic E-state index is 14.4. The van der Waals surface area contributed by atoms with E-state index in [-0.39, 0.29) is 47.5 Å². The Hall–Kier alpha value is -4.75. The molecule has 3 amide bonds. The van der Waals surface area contributed by atoms with E-state index in [9.17, 15) is 18.8 Å². The Balaban J connectivity index is 1.61. The first kappa shape index (κ1) is 29.2. The zero-order chi connectivity index (χ0) is 29.5. The van der Waals surface area contributed by atoms with Crippen LogP contribution in [0.4, 0.5) is 26.2 Å². The van der Waals surface area contributed by atoms with Crippen LogP contribution in [0.15, 0.2) is 59.4 Å². The van der Waals surface area contributed by atoms with E-state index in [1.165, 1.54) is 32.2 Å². The highest BCUT2D eigenvalue weighted by molar-refractivity contribution is 6.31. The summed E-state index contributed by atoms with van der Waals surface area (Å²) < 4.78 is 24.7. The Morgan fingerprint density at radius 3 is 2.88 bits per heavy atom. The van der Waals surface area contributed by atoms with E-state index < -0.39 is 23.9 Å². The van der Waals surface area contributed by atoms with E-state index >= 15 is 0 Å². The number of aromatic nitrogens is 2. The molecule has 1 aromatic heterocycles. The molecule has 1 aliphatic heterocycles. The maximum absolute atomic E-state index is 14.4. The van der Waals surface area contributed by atoms with E-state index in [0.717, 1.165) is 6.20 Å². The molecule has 6 N–H and O–H groups in total. The number of amides is 3. The van der Waals surface area contributed by atoms with Crippen molar-refractivity contribution in [1.82, 2.24) is 15.3 Å². The normalized spacial score (nSPS) is 16.0. The molecule has 4 rings (SSSR count). The van der Waals surface area contributed by atoms with Crippen molar-refractivity contribution in [2.24, 2.45) is 10.7 Å². The van der Waals surface area contributed by atoms with E-state index in [1.807, 2.05) is 0 Å². The van der Waals surface area contributed by atoms with Gasteiger partial charge >= 0.3 is 6.09 Å². The van der Waals surface area contributed by atoms with Gasteiger partial charge in [-0.15, -0.1) is 0 Å². The summed E-state index contributed by atoms with van der Waals surface area (Å²) in [6.45, 7) is 1.55. The number of imidazole rings is 1. The largest absolute Gasteiger partial charge is 0.453 e. The standard InChI is InChI=1S/C27H27ClFN7O5/c1-14(32-19-5-3-4-18(28)24(19)29)17(11-30)26(38)36-22-13-41-9-8-23(37)34-20-10-15(33-27(39)40-2)6-7-16(20)21-12-31-25(22)35-21/h3-7,10-12,22H,8-9,13,30H2,1-2H3,(H,31,35)(H,33,39)(H,34,37)(H,36,38).